The van der Waals surface area contributed by atoms with Gasteiger partial charge in [-0.05, 0) is 32.4 Å². The summed E-state index contributed by atoms with van der Waals surface area (Å²) in [5.41, 5.74) is 0. The van der Waals surface area contributed by atoms with E-state index in [0.717, 1.165) is 45.7 Å². The number of hydrogen-bond donors (Lipinski definition) is 2. The molecule has 0 aliphatic carbocycles. The number of ether oxygens (including phenoxy) is 1. The summed E-state index contributed by atoms with van der Waals surface area (Å²) in [4.78, 5) is 2.48. The first-order chi connectivity index (χ1) is 7.83. The predicted octanol–water partition coefficient (Wildman–Crippen LogP) is -0.0749. The minimum atomic E-state index is 0.340. The highest BCUT2D eigenvalue weighted by Crippen LogP contribution is 2.21. The smallest absolute Gasteiger partial charge is 0.0521 e. The number of rotatable bonds is 4. The lowest BCUT2D eigenvalue weighted by molar-refractivity contribution is 0.0207. The molecule has 2 aliphatic rings. The highest BCUT2D eigenvalue weighted by Gasteiger charge is 2.29. The quantitative estimate of drug-likeness (QED) is 0.707. The van der Waals surface area contributed by atoms with Gasteiger partial charge >= 0.3 is 0 Å². The average molecular weight is 228 g/mol. The Morgan fingerprint density at radius 1 is 1.44 bits per heavy atom. The monoisotopic (exact) mass is 228 g/mol. The molecule has 94 valence electrons. The van der Waals surface area contributed by atoms with Crippen LogP contribution in [0.1, 0.15) is 12.8 Å². The second kappa shape index (κ2) is 5.96. The van der Waals surface area contributed by atoms with Gasteiger partial charge in [0, 0.05) is 38.3 Å². The summed E-state index contributed by atoms with van der Waals surface area (Å²) < 4.78 is 5.56. The van der Waals surface area contributed by atoms with Crippen LogP contribution in [0.5, 0.6) is 0 Å². The van der Waals surface area contributed by atoms with Crippen LogP contribution in [0.25, 0.3) is 0 Å². The van der Waals surface area contributed by atoms with Crippen LogP contribution < -0.4 is 5.32 Å². The Morgan fingerprint density at radius 2 is 2.31 bits per heavy atom. The van der Waals surface area contributed by atoms with E-state index in [1.54, 1.807) is 0 Å². The predicted molar refractivity (Wildman–Crippen MR) is 63.4 cm³/mol. The average Bonchev–Trinajstić information content (AvgIpc) is 2.77. The van der Waals surface area contributed by atoms with Gasteiger partial charge in [-0.1, -0.05) is 0 Å². The highest BCUT2D eigenvalue weighted by molar-refractivity contribution is 4.84. The molecule has 0 aromatic rings. The summed E-state index contributed by atoms with van der Waals surface area (Å²) in [7, 11) is 2.05. The fraction of sp³-hybridized carbons (Fsp3) is 1.00. The highest BCUT2D eigenvalue weighted by atomic mass is 16.5. The van der Waals surface area contributed by atoms with Gasteiger partial charge in [-0.25, -0.2) is 0 Å². The number of aliphatic hydroxyl groups excluding tert-OH is 1. The molecule has 0 bridgehead atoms. The summed E-state index contributed by atoms with van der Waals surface area (Å²) in [6.45, 7) is 5.42. The van der Waals surface area contributed by atoms with Crippen molar-refractivity contribution in [2.45, 2.75) is 18.9 Å². The maximum absolute atomic E-state index is 9.12. The number of nitrogens with one attached hydrogen (secondary N) is 1. The van der Waals surface area contributed by atoms with Gasteiger partial charge in [0.1, 0.15) is 0 Å². The summed E-state index contributed by atoms with van der Waals surface area (Å²) in [6, 6.07) is 0.599. The summed E-state index contributed by atoms with van der Waals surface area (Å²) in [6.07, 6.45) is 2.27. The van der Waals surface area contributed by atoms with Crippen molar-refractivity contribution in [3.05, 3.63) is 0 Å². The van der Waals surface area contributed by atoms with Crippen molar-refractivity contribution in [2.75, 3.05) is 46.5 Å². The van der Waals surface area contributed by atoms with Crippen LogP contribution in [-0.2, 0) is 4.74 Å². The van der Waals surface area contributed by atoms with Crippen molar-refractivity contribution in [2.24, 2.45) is 11.8 Å². The molecule has 2 heterocycles. The van der Waals surface area contributed by atoms with Gasteiger partial charge in [-0.15, -0.1) is 0 Å². The molecule has 0 saturated carbocycles. The molecule has 16 heavy (non-hydrogen) atoms. The van der Waals surface area contributed by atoms with Crippen LogP contribution in [-0.4, -0.2) is 62.6 Å². The van der Waals surface area contributed by atoms with Crippen LogP contribution in [0.4, 0.5) is 0 Å². The van der Waals surface area contributed by atoms with E-state index in [9.17, 15) is 0 Å². The molecule has 2 aliphatic heterocycles. The number of aliphatic hydroxyl groups is 1. The summed E-state index contributed by atoms with van der Waals surface area (Å²) in [5, 5.41) is 12.5. The Bertz CT molecular complexity index is 213. The van der Waals surface area contributed by atoms with Gasteiger partial charge in [0.05, 0.1) is 6.61 Å². The molecule has 0 spiro atoms. The third-order valence-electron chi connectivity index (χ3n) is 3.97. The van der Waals surface area contributed by atoms with Crippen molar-refractivity contribution in [3.8, 4) is 0 Å². The Morgan fingerprint density at radius 3 is 3.00 bits per heavy atom. The molecular formula is C12H24N2O2. The Kier molecular flexibility index (Phi) is 4.58. The van der Waals surface area contributed by atoms with Gasteiger partial charge in [-0.3, -0.25) is 0 Å². The second-order valence-corrected chi connectivity index (χ2v) is 5.12. The molecule has 2 rings (SSSR count). The SMILES string of the molecule is CNC1CCOCC1CN1CCC(CO)C1. The van der Waals surface area contributed by atoms with E-state index in [2.05, 4.69) is 10.2 Å². The van der Waals surface area contributed by atoms with Crippen LogP contribution >= 0.6 is 0 Å². The van der Waals surface area contributed by atoms with Crippen LogP contribution in [0.3, 0.4) is 0 Å². The fourth-order valence-electron chi connectivity index (χ4n) is 2.92. The lowest BCUT2D eigenvalue weighted by atomic mass is 9.95. The van der Waals surface area contributed by atoms with E-state index < -0.39 is 0 Å². The number of nitrogens with zero attached hydrogens (tertiary/aromatic N) is 1. The van der Waals surface area contributed by atoms with E-state index in [1.165, 1.54) is 0 Å². The van der Waals surface area contributed by atoms with Gasteiger partial charge in [-0.2, -0.15) is 0 Å². The number of hydrogen-bond acceptors (Lipinski definition) is 4. The molecule has 4 nitrogen and oxygen atoms in total. The molecule has 3 unspecified atom stereocenters. The number of likely N-dealkylation sites (tertiary alicyclic amines) is 1. The minimum Gasteiger partial charge on any atom is -0.396 e. The maximum atomic E-state index is 9.12. The Labute approximate surface area is 98.0 Å². The van der Waals surface area contributed by atoms with Crippen LogP contribution in [0.2, 0.25) is 0 Å². The first kappa shape index (κ1) is 12.3. The molecule has 2 fully saturated rings. The van der Waals surface area contributed by atoms with E-state index in [1.807, 2.05) is 7.05 Å². The first-order valence-electron chi connectivity index (χ1n) is 6.41. The second-order valence-electron chi connectivity index (χ2n) is 5.12. The zero-order valence-electron chi connectivity index (χ0n) is 10.2. The molecule has 0 amide bonds. The van der Waals surface area contributed by atoms with Crippen LogP contribution in [0, 0.1) is 11.8 Å². The summed E-state index contributed by atoms with van der Waals surface area (Å²) in [5.74, 6) is 1.11. The Hall–Kier alpha value is -0.160. The van der Waals surface area contributed by atoms with E-state index in [0.29, 0.717) is 24.5 Å². The Balaban J connectivity index is 1.79. The largest absolute Gasteiger partial charge is 0.396 e. The summed E-state index contributed by atoms with van der Waals surface area (Å²) >= 11 is 0. The molecular weight excluding hydrogens is 204 g/mol. The topological polar surface area (TPSA) is 44.7 Å². The van der Waals surface area contributed by atoms with Gasteiger partial charge in [0.15, 0.2) is 0 Å². The van der Waals surface area contributed by atoms with Gasteiger partial charge in [0.2, 0.25) is 0 Å². The minimum absolute atomic E-state index is 0.340. The van der Waals surface area contributed by atoms with Crippen molar-refractivity contribution in [3.63, 3.8) is 0 Å². The van der Waals surface area contributed by atoms with Crippen molar-refractivity contribution in [1.82, 2.24) is 10.2 Å². The standard InChI is InChI=1S/C12H24N2O2/c1-13-12-3-5-16-9-11(12)7-14-4-2-10(6-14)8-15/h10-13,15H,2-9H2,1H3. The fourth-order valence-corrected chi connectivity index (χ4v) is 2.92. The normalized spacial score (nSPS) is 36.8. The zero-order valence-corrected chi connectivity index (χ0v) is 10.2. The van der Waals surface area contributed by atoms with Crippen LogP contribution in [0.15, 0.2) is 0 Å². The van der Waals surface area contributed by atoms with E-state index in [-0.39, 0.29) is 0 Å². The van der Waals surface area contributed by atoms with E-state index in [4.69, 9.17) is 9.84 Å². The van der Waals surface area contributed by atoms with Crippen molar-refractivity contribution < 1.29 is 9.84 Å². The third kappa shape index (κ3) is 2.94. The lowest BCUT2D eigenvalue weighted by Crippen LogP contribution is -2.46. The maximum Gasteiger partial charge on any atom is 0.0521 e. The van der Waals surface area contributed by atoms with Gasteiger partial charge < -0.3 is 20.1 Å². The molecule has 2 N–H and O–H groups in total. The zero-order chi connectivity index (χ0) is 11.4. The van der Waals surface area contributed by atoms with E-state index >= 15 is 0 Å². The lowest BCUT2D eigenvalue weighted by Gasteiger charge is -2.34. The third-order valence-corrected chi connectivity index (χ3v) is 3.97. The van der Waals surface area contributed by atoms with Crippen molar-refractivity contribution in [1.29, 1.82) is 0 Å². The molecule has 0 aromatic carbocycles. The molecule has 3 atom stereocenters. The van der Waals surface area contributed by atoms with Crippen molar-refractivity contribution >= 4 is 0 Å². The molecule has 4 heteroatoms. The molecule has 0 aromatic heterocycles. The van der Waals surface area contributed by atoms with Gasteiger partial charge in [0.25, 0.3) is 0 Å². The molecule has 0 radical (unpaired) electrons. The first-order valence-corrected chi connectivity index (χ1v) is 6.41. The molecule has 2 saturated heterocycles.